The van der Waals surface area contributed by atoms with Gasteiger partial charge in [0.25, 0.3) is 0 Å². The average molecular weight is 189 g/mol. The largest absolute Gasteiger partial charge is 0.512 e. The van der Waals surface area contributed by atoms with Crippen LogP contribution >= 0.6 is 0 Å². The zero-order valence-electron chi connectivity index (χ0n) is 8.40. The minimum Gasteiger partial charge on any atom is -0.512 e. The predicted octanol–water partition coefficient (Wildman–Crippen LogP) is 0.528. The van der Waals surface area contributed by atoms with E-state index in [1.165, 1.54) is 24.9 Å². The zero-order valence-corrected chi connectivity index (χ0v) is 8.40. The predicted molar refractivity (Wildman–Crippen MR) is 52.9 cm³/mol. The molecular weight excluding hydrogens is 174 g/mol. The first-order valence-corrected chi connectivity index (χ1v) is 4.82. The summed E-state index contributed by atoms with van der Waals surface area (Å²) in [7, 11) is 2.27. The van der Waals surface area contributed by atoms with Gasteiger partial charge in [-0.15, -0.1) is 0 Å². The van der Waals surface area contributed by atoms with Gasteiger partial charge in [-0.1, -0.05) is 6.07 Å². The molecule has 1 saturated heterocycles. The van der Waals surface area contributed by atoms with Crippen LogP contribution in [-0.2, 0) is 0 Å². The third kappa shape index (κ3) is 2.30. The molecule has 1 aliphatic heterocycles. The number of hydrogen-bond acceptors (Lipinski definition) is 2. The van der Waals surface area contributed by atoms with Crippen LogP contribution in [0.3, 0.4) is 0 Å². The van der Waals surface area contributed by atoms with E-state index in [1.54, 1.807) is 4.90 Å². The van der Waals surface area contributed by atoms with Crippen LogP contribution in [-0.4, -0.2) is 18.6 Å². The minimum atomic E-state index is 0.693. The summed E-state index contributed by atoms with van der Waals surface area (Å²) < 4.78 is 0. The van der Waals surface area contributed by atoms with E-state index in [2.05, 4.69) is 18.1 Å². The topological polar surface area (TPSA) is 41.1 Å². The molecule has 1 N–H and O–H groups in total. The number of hydrogen-bond donors (Lipinski definition) is 1. The molecule has 1 aromatic heterocycles. The maximum Gasteiger partial charge on any atom is 0.115 e. The molecule has 0 spiro atoms. The van der Waals surface area contributed by atoms with Crippen molar-refractivity contribution in [3.8, 4) is 0 Å². The Morgan fingerprint density at radius 3 is 2.86 bits per heavy atom. The summed E-state index contributed by atoms with van der Waals surface area (Å²) in [6.07, 6.45) is 6.51. The lowest BCUT2D eigenvalue weighted by Gasteiger charge is -2.15. The van der Waals surface area contributed by atoms with Crippen LogP contribution in [0.2, 0.25) is 0 Å². The molecule has 74 valence electrons. The third-order valence-corrected chi connectivity index (χ3v) is 2.75. The summed E-state index contributed by atoms with van der Waals surface area (Å²) in [6, 6.07) is 4.91. The van der Waals surface area contributed by atoms with Gasteiger partial charge in [0.2, 0.25) is 0 Å². The first kappa shape index (κ1) is 10.7. The molecular formula is C11H15N3. The number of rotatable bonds is 1. The van der Waals surface area contributed by atoms with Crippen LogP contribution in [0.25, 0.3) is 0 Å². The number of pyridine rings is 1. The summed E-state index contributed by atoms with van der Waals surface area (Å²) in [5.74, 6) is 0. The van der Waals surface area contributed by atoms with Crippen molar-refractivity contribution < 1.29 is 4.90 Å². The van der Waals surface area contributed by atoms with E-state index in [9.17, 15) is 0 Å². The Kier molecular flexibility index (Phi) is 4.09. The van der Waals surface area contributed by atoms with Gasteiger partial charge in [0.05, 0.1) is 13.6 Å². The van der Waals surface area contributed by atoms with Crippen LogP contribution in [0.15, 0.2) is 24.5 Å². The van der Waals surface area contributed by atoms with Crippen molar-refractivity contribution in [3.05, 3.63) is 36.7 Å². The molecule has 3 heteroatoms. The highest BCUT2D eigenvalue weighted by molar-refractivity contribution is 5.11. The summed E-state index contributed by atoms with van der Waals surface area (Å²) >= 11 is 0. The minimum absolute atomic E-state index is 0.693. The Morgan fingerprint density at radius 1 is 1.57 bits per heavy atom. The van der Waals surface area contributed by atoms with E-state index in [0.29, 0.717) is 6.04 Å². The molecule has 0 aliphatic carbocycles. The van der Waals surface area contributed by atoms with Crippen molar-refractivity contribution in [2.75, 3.05) is 13.6 Å². The highest BCUT2D eigenvalue weighted by Crippen LogP contribution is 2.16. The van der Waals surface area contributed by atoms with Gasteiger partial charge < -0.3 is 16.7 Å². The van der Waals surface area contributed by atoms with Crippen LogP contribution in [0.5, 0.6) is 0 Å². The molecule has 0 amide bonds. The van der Waals surface area contributed by atoms with Crippen molar-refractivity contribution in [1.82, 2.24) is 4.98 Å². The van der Waals surface area contributed by atoms with Gasteiger partial charge in [-0.05, 0) is 6.07 Å². The quantitative estimate of drug-likeness (QED) is 0.655. The van der Waals surface area contributed by atoms with E-state index < -0.39 is 0 Å². The van der Waals surface area contributed by atoms with Gasteiger partial charge in [0.1, 0.15) is 6.04 Å². The van der Waals surface area contributed by atoms with Crippen LogP contribution in [0.4, 0.5) is 0 Å². The molecule has 2 rings (SSSR count). The molecule has 1 aromatic rings. The van der Waals surface area contributed by atoms with E-state index in [1.807, 2.05) is 18.5 Å². The maximum atomic E-state index is 6.25. The van der Waals surface area contributed by atoms with Crippen molar-refractivity contribution in [2.45, 2.75) is 18.9 Å². The van der Waals surface area contributed by atoms with Gasteiger partial charge >= 0.3 is 0 Å². The first-order chi connectivity index (χ1) is 6.88. The molecule has 2 heterocycles. The van der Waals surface area contributed by atoms with E-state index in [4.69, 9.17) is 11.8 Å². The number of likely N-dealkylation sites (tertiary alicyclic amines) is 1. The summed E-state index contributed by atoms with van der Waals surface area (Å²) in [6.45, 7) is 6.06. The molecule has 0 aromatic carbocycles. The second-order valence-electron chi connectivity index (χ2n) is 3.58. The Morgan fingerprint density at radius 2 is 2.36 bits per heavy atom. The Balaban J connectivity index is 0.000000461. The maximum absolute atomic E-state index is 6.25. The highest BCUT2D eigenvalue weighted by atomic mass is 15.1. The Bertz CT molecular complexity index is 281. The first-order valence-electron chi connectivity index (χ1n) is 4.82. The van der Waals surface area contributed by atoms with Gasteiger partial charge in [0, 0.05) is 30.8 Å². The Labute approximate surface area is 85.0 Å². The standard InChI is InChI=1S/C10H14N2.CN/c1-12-7-3-5-10(12)9-4-2-6-11-8-9;1-2/h2,4,6,8,10H,3,5,7H2,1H3;/q;-1/p+1. The molecule has 2 unspecified atom stereocenters. The SMILES string of the molecule is C[NH+]1CCCC1c1cccnc1.[C-]#N. The van der Waals surface area contributed by atoms with Gasteiger partial charge in [-0.25, -0.2) is 0 Å². The van der Waals surface area contributed by atoms with Crippen LogP contribution in [0, 0.1) is 11.8 Å². The van der Waals surface area contributed by atoms with Crippen molar-refractivity contribution in [1.29, 1.82) is 5.26 Å². The number of nitrogens with one attached hydrogen (secondary N) is 1. The molecule has 14 heavy (non-hydrogen) atoms. The van der Waals surface area contributed by atoms with Gasteiger partial charge in [-0.3, -0.25) is 4.98 Å². The fourth-order valence-electron chi connectivity index (χ4n) is 2.04. The third-order valence-electron chi connectivity index (χ3n) is 2.75. The van der Waals surface area contributed by atoms with Crippen LogP contribution in [0.1, 0.15) is 24.4 Å². The zero-order chi connectivity index (χ0) is 10.4. The number of nitrogens with zero attached hydrogens (tertiary/aromatic N) is 2. The fraction of sp³-hybridized carbons (Fsp3) is 0.455. The normalized spacial score (nSPS) is 25.1. The molecule has 2 atom stereocenters. The highest BCUT2D eigenvalue weighted by Gasteiger charge is 2.26. The van der Waals surface area contributed by atoms with Crippen molar-refractivity contribution >= 4 is 0 Å². The monoisotopic (exact) mass is 189 g/mol. The molecule has 0 bridgehead atoms. The summed E-state index contributed by atoms with van der Waals surface area (Å²) in [5.41, 5.74) is 1.40. The van der Waals surface area contributed by atoms with E-state index in [0.717, 1.165) is 0 Å². The lowest BCUT2D eigenvalue weighted by molar-refractivity contribution is -0.898. The molecule has 1 fully saturated rings. The second kappa shape index (κ2) is 5.36. The smallest absolute Gasteiger partial charge is 0.115 e. The average Bonchev–Trinajstić information content (AvgIpc) is 2.69. The fourth-order valence-corrected chi connectivity index (χ4v) is 2.04. The molecule has 3 nitrogen and oxygen atoms in total. The second-order valence-corrected chi connectivity index (χ2v) is 3.58. The molecule has 0 saturated carbocycles. The summed E-state index contributed by atoms with van der Waals surface area (Å²) in [4.78, 5) is 5.78. The lowest BCUT2D eigenvalue weighted by atomic mass is 10.1. The van der Waals surface area contributed by atoms with E-state index in [-0.39, 0.29) is 0 Å². The number of aromatic nitrogens is 1. The lowest BCUT2D eigenvalue weighted by Crippen LogP contribution is -3.07. The van der Waals surface area contributed by atoms with E-state index >= 15 is 0 Å². The van der Waals surface area contributed by atoms with Crippen molar-refractivity contribution in [2.24, 2.45) is 0 Å². The van der Waals surface area contributed by atoms with Crippen LogP contribution < -0.4 is 4.90 Å². The summed E-state index contributed by atoms with van der Waals surface area (Å²) in [5, 5.41) is 6.25. The van der Waals surface area contributed by atoms with Crippen molar-refractivity contribution in [3.63, 3.8) is 0 Å². The van der Waals surface area contributed by atoms with Gasteiger partial charge in [0.15, 0.2) is 0 Å². The molecule has 1 aliphatic rings. The molecule has 0 radical (unpaired) electrons. The number of quaternary nitrogens is 1. The Hall–Kier alpha value is -1.40. The van der Waals surface area contributed by atoms with Gasteiger partial charge in [-0.2, -0.15) is 0 Å².